The van der Waals surface area contributed by atoms with E-state index in [2.05, 4.69) is 5.32 Å². The number of carbonyl (C=O) groups excluding carboxylic acids is 2. The Balaban J connectivity index is 2.46. The molecule has 0 saturated carbocycles. The minimum Gasteiger partial charge on any atom is -0.475 e. The molecule has 120 valence electrons. The van der Waals surface area contributed by atoms with E-state index in [1.165, 1.54) is 13.8 Å². The number of hydrogen-bond acceptors (Lipinski definition) is 5. The first-order chi connectivity index (χ1) is 10.3. The summed E-state index contributed by atoms with van der Waals surface area (Å²) < 4.78 is 4.97. The van der Waals surface area contributed by atoms with E-state index >= 15 is 0 Å². The van der Waals surface area contributed by atoms with Crippen LogP contribution in [0.15, 0.2) is 30.3 Å². The van der Waals surface area contributed by atoms with E-state index in [0.29, 0.717) is 0 Å². The molecule has 1 amide bonds. The lowest BCUT2D eigenvalue weighted by Crippen LogP contribution is -2.47. The summed E-state index contributed by atoms with van der Waals surface area (Å²) >= 11 is 0. The normalized spacial score (nSPS) is 14.5. The van der Waals surface area contributed by atoms with Crippen molar-refractivity contribution >= 4 is 17.8 Å². The first-order valence-corrected chi connectivity index (χ1v) is 6.75. The number of ether oxygens (including phenoxy) is 1. The number of aliphatic carboxylic acids is 1. The minimum atomic E-state index is -1.62. The fourth-order valence-corrected chi connectivity index (χ4v) is 1.82. The van der Waals surface area contributed by atoms with Crippen LogP contribution in [0.5, 0.6) is 0 Å². The van der Waals surface area contributed by atoms with Gasteiger partial charge in [-0.25, -0.2) is 9.59 Å². The third-order valence-corrected chi connectivity index (χ3v) is 3.21. The van der Waals surface area contributed by atoms with Gasteiger partial charge in [-0.1, -0.05) is 37.3 Å². The number of aliphatic hydroxyl groups is 1. The highest BCUT2D eigenvalue weighted by atomic mass is 16.5. The van der Waals surface area contributed by atoms with Crippen molar-refractivity contribution in [3.05, 3.63) is 35.9 Å². The molecule has 0 spiro atoms. The highest BCUT2D eigenvalue weighted by molar-refractivity contribution is 6.33. The fourth-order valence-electron chi connectivity index (χ4n) is 1.82. The van der Waals surface area contributed by atoms with Crippen molar-refractivity contribution in [2.24, 2.45) is 5.92 Å². The predicted molar refractivity (Wildman–Crippen MR) is 77.0 cm³/mol. The Kier molecular flexibility index (Phi) is 6.52. The zero-order valence-electron chi connectivity index (χ0n) is 12.4. The summed E-state index contributed by atoms with van der Waals surface area (Å²) in [6.07, 6.45) is -2.08. The molecule has 1 aromatic carbocycles. The van der Waals surface area contributed by atoms with Gasteiger partial charge < -0.3 is 20.3 Å². The van der Waals surface area contributed by atoms with Gasteiger partial charge in [0, 0.05) is 0 Å². The van der Waals surface area contributed by atoms with Crippen LogP contribution in [0.3, 0.4) is 0 Å². The second-order valence-electron chi connectivity index (χ2n) is 4.94. The van der Waals surface area contributed by atoms with Gasteiger partial charge in [0.15, 0.2) is 0 Å². The topological polar surface area (TPSA) is 113 Å². The van der Waals surface area contributed by atoms with Gasteiger partial charge in [-0.3, -0.25) is 4.79 Å². The maximum atomic E-state index is 11.6. The van der Waals surface area contributed by atoms with Crippen molar-refractivity contribution in [3.8, 4) is 0 Å². The molecule has 7 heteroatoms. The van der Waals surface area contributed by atoms with Crippen LogP contribution in [-0.2, 0) is 20.9 Å². The van der Waals surface area contributed by atoms with Gasteiger partial charge in [0.1, 0.15) is 6.61 Å². The summed E-state index contributed by atoms with van der Waals surface area (Å²) in [5.74, 6) is -3.87. The molecule has 0 heterocycles. The second kappa shape index (κ2) is 8.14. The van der Waals surface area contributed by atoms with Gasteiger partial charge in [-0.05, 0) is 12.5 Å². The predicted octanol–water partition coefficient (Wildman–Crippen LogP) is 0.952. The van der Waals surface area contributed by atoms with E-state index in [-0.39, 0.29) is 6.61 Å². The van der Waals surface area contributed by atoms with Crippen LogP contribution in [0.1, 0.15) is 19.4 Å². The Hall–Kier alpha value is -2.41. The molecule has 3 N–H and O–H groups in total. The number of carbonyl (C=O) groups is 3. The standard InChI is InChI=1S/C15H19NO6/c1-9(13(18)14(19)20)12(17)10(2)16-15(21)22-8-11-6-4-3-5-7-11/h3-7,9-10,12,17H,8H2,1-2H3,(H,16,21)(H,19,20)/t9?,10-,12?/m1/s1. The number of hydrogen-bond donors (Lipinski definition) is 3. The quantitative estimate of drug-likeness (QED) is 0.646. The maximum absolute atomic E-state index is 11.6. The summed E-state index contributed by atoms with van der Waals surface area (Å²) in [5.41, 5.74) is 0.806. The molecule has 22 heavy (non-hydrogen) atoms. The molecule has 0 aromatic heterocycles. The van der Waals surface area contributed by atoms with Crippen LogP contribution < -0.4 is 5.32 Å². The third kappa shape index (κ3) is 5.17. The van der Waals surface area contributed by atoms with Gasteiger partial charge in [-0.15, -0.1) is 0 Å². The lowest BCUT2D eigenvalue weighted by molar-refractivity contribution is -0.152. The number of alkyl carbamates (subject to hydrolysis) is 1. The highest BCUT2D eigenvalue weighted by Gasteiger charge is 2.31. The number of carboxylic acid groups (broad SMARTS) is 1. The summed E-state index contributed by atoms with van der Waals surface area (Å²) in [6, 6.07) is 8.20. The minimum absolute atomic E-state index is 0.0686. The van der Waals surface area contributed by atoms with E-state index < -0.39 is 35.9 Å². The highest BCUT2D eigenvalue weighted by Crippen LogP contribution is 2.09. The van der Waals surface area contributed by atoms with Crippen LogP contribution in [0.2, 0.25) is 0 Å². The average Bonchev–Trinajstić information content (AvgIpc) is 2.51. The molecular weight excluding hydrogens is 290 g/mol. The molecule has 0 aliphatic rings. The zero-order chi connectivity index (χ0) is 16.7. The van der Waals surface area contributed by atoms with Crippen LogP contribution in [0.25, 0.3) is 0 Å². The number of benzene rings is 1. The number of amides is 1. The number of nitrogens with one attached hydrogen (secondary N) is 1. The fraction of sp³-hybridized carbons (Fsp3) is 0.400. The molecule has 0 fully saturated rings. The molecule has 0 bridgehead atoms. The number of aliphatic hydroxyl groups excluding tert-OH is 1. The summed E-state index contributed by atoms with van der Waals surface area (Å²) in [6.45, 7) is 2.81. The van der Waals surface area contributed by atoms with Crippen LogP contribution in [0, 0.1) is 5.92 Å². The van der Waals surface area contributed by atoms with Crippen LogP contribution in [-0.4, -0.2) is 40.2 Å². The molecule has 2 unspecified atom stereocenters. The number of Topliss-reactive ketones (excluding diaryl/α,β-unsaturated/α-hetero) is 1. The van der Waals surface area contributed by atoms with E-state index in [4.69, 9.17) is 9.84 Å². The molecular formula is C15H19NO6. The first kappa shape index (κ1) is 17.6. The zero-order valence-corrected chi connectivity index (χ0v) is 12.4. The molecule has 0 aliphatic carbocycles. The SMILES string of the molecule is CC(C(=O)C(=O)O)C(O)[C@@H](C)NC(=O)OCc1ccccc1. The molecule has 0 radical (unpaired) electrons. The third-order valence-electron chi connectivity index (χ3n) is 3.21. The largest absolute Gasteiger partial charge is 0.475 e. The van der Waals surface area contributed by atoms with Crippen molar-refractivity contribution in [1.29, 1.82) is 0 Å². The number of carboxylic acids is 1. The molecule has 7 nitrogen and oxygen atoms in total. The van der Waals surface area contributed by atoms with E-state index in [1.54, 1.807) is 12.1 Å². The number of rotatable bonds is 7. The Morgan fingerprint density at radius 2 is 1.77 bits per heavy atom. The lowest BCUT2D eigenvalue weighted by atomic mass is 9.95. The van der Waals surface area contributed by atoms with E-state index in [0.717, 1.165) is 5.56 Å². The van der Waals surface area contributed by atoms with Gasteiger partial charge >= 0.3 is 12.1 Å². The van der Waals surface area contributed by atoms with Gasteiger partial charge in [0.25, 0.3) is 0 Å². The van der Waals surface area contributed by atoms with Gasteiger partial charge in [-0.2, -0.15) is 0 Å². The number of ketones is 1. The Labute approximate surface area is 127 Å². The van der Waals surface area contributed by atoms with Crippen molar-refractivity contribution in [2.45, 2.75) is 32.6 Å². The van der Waals surface area contributed by atoms with Crippen LogP contribution >= 0.6 is 0 Å². The summed E-state index contributed by atoms with van der Waals surface area (Å²) in [5, 5.41) is 20.9. The Morgan fingerprint density at radius 1 is 1.18 bits per heavy atom. The summed E-state index contributed by atoms with van der Waals surface area (Å²) in [7, 11) is 0. The molecule has 1 rings (SSSR count). The van der Waals surface area contributed by atoms with Gasteiger partial charge in [0.05, 0.1) is 18.1 Å². The van der Waals surface area contributed by atoms with Crippen molar-refractivity contribution in [1.82, 2.24) is 5.32 Å². The van der Waals surface area contributed by atoms with E-state index in [9.17, 15) is 19.5 Å². The smallest absolute Gasteiger partial charge is 0.407 e. The lowest BCUT2D eigenvalue weighted by Gasteiger charge is -2.23. The van der Waals surface area contributed by atoms with Gasteiger partial charge in [0.2, 0.25) is 5.78 Å². The van der Waals surface area contributed by atoms with Crippen molar-refractivity contribution in [2.75, 3.05) is 0 Å². The molecule has 0 aliphatic heterocycles. The average molecular weight is 309 g/mol. The van der Waals surface area contributed by atoms with E-state index in [1.807, 2.05) is 18.2 Å². The molecule has 3 atom stereocenters. The maximum Gasteiger partial charge on any atom is 0.407 e. The Morgan fingerprint density at radius 3 is 2.32 bits per heavy atom. The summed E-state index contributed by atoms with van der Waals surface area (Å²) in [4.78, 5) is 33.5. The van der Waals surface area contributed by atoms with Crippen LogP contribution in [0.4, 0.5) is 4.79 Å². The van der Waals surface area contributed by atoms with Crippen molar-refractivity contribution < 1.29 is 29.3 Å². The molecule has 1 aromatic rings. The first-order valence-electron chi connectivity index (χ1n) is 6.75. The monoisotopic (exact) mass is 309 g/mol. The second-order valence-corrected chi connectivity index (χ2v) is 4.94. The molecule has 0 saturated heterocycles. The Bertz CT molecular complexity index is 530. The van der Waals surface area contributed by atoms with Crippen molar-refractivity contribution in [3.63, 3.8) is 0 Å².